The summed E-state index contributed by atoms with van der Waals surface area (Å²) in [6.45, 7) is 0. The smallest absolute Gasteiger partial charge is 0.292 e. The van der Waals surface area contributed by atoms with Crippen LogP contribution in [0, 0.1) is 10.1 Å². The number of nitro benzene ring substituents is 1. The first-order valence-electron chi connectivity index (χ1n) is 6.78. The van der Waals surface area contributed by atoms with Crippen molar-refractivity contribution in [3.8, 4) is 0 Å². The number of anilines is 2. The fourth-order valence-corrected chi connectivity index (χ4v) is 2.49. The summed E-state index contributed by atoms with van der Waals surface area (Å²) in [5.74, 6) is 0. The van der Waals surface area contributed by atoms with Gasteiger partial charge in [-0.25, -0.2) is 4.98 Å². The summed E-state index contributed by atoms with van der Waals surface area (Å²) in [7, 11) is 1.91. The molecule has 2 aromatic carbocycles. The molecule has 0 atom stereocenters. The third kappa shape index (κ3) is 2.97. The topological polar surface area (TPSA) is 85.0 Å². The molecule has 0 fully saturated rings. The zero-order chi connectivity index (χ0) is 16.4. The van der Waals surface area contributed by atoms with Crippen molar-refractivity contribution in [2.24, 2.45) is 7.05 Å². The Morgan fingerprint density at radius 3 is 2.65 bits per heavy atom. The Bertz CT molecular complexity index is 906. The summed E-state index contributed by atoms with van der Waals surface area (Å²) in [6.07, 6.45) is 1.72. The fraction of sp³-hybridized carbons (Fsp3) is 0.0667. The number of nitrogens with one attached hydrogen (secondary N) is 2. The first kappa shape index (κ1) is 14.9. The molecule has 116 valence electrons. The predicted molar refractivity (Wildman–Crippen MR) is 93.7 cm³/mol. The number of nitrogens with zero attached hydrogens (tertiary/aromatic N) is 3. The van der Waals surface area contributed by atoms with E-state index in [4.69, 9.17) is 12.2 Å². The molecular formula is C15H13N5O2S. The Hall–Kier alpha value is -3.00. The first-order valence-corrected chi connectivity index (χ1v) is 7.18. The van der Waals surface area contributed by atoms with Crippen molar-refractivity contribution in [2.45, 2.75) is 0 Å². The van der Waals surface area contributed by atoms with Crippen LogP contribution in [0.15, 0.2) is 48.8 Å². The van der Waals surface area contributed by atoms with Crippen LogP contribution < -0.4 is 10.6 Å². The second kappa shape index (κ2) is 6.01. The lowest BCUT2D eigenvalue weighted by atomic mass is 10.2. The van der Waals surface area contributed by atoms with Gasteiger partial charge in [0.25, 0.3) is 5.69 Å². The van der Waals surface area contributed by atoms with Gasteiger partial charge in [0.05, 0.1) is 22.5 Å². The molecule has 0 saturated heterocycles. The van der Waals surface area contributed by atoms with Gasteiger partial charge in [0.1, 0.15) is 11.2 Å². The van der Waals surface area contributed by atoms with Gasteiger partial charge in [-0.2, -0.15) is 0 Å². The maximum atomic E-state index is 11.0. The summed E-state index contributed by atoms with van der Waals surface area (Å²) in [4.78, 5) is 14.9. The molecular weight excluding hydrogens is 314 g/mol. The number of nitro groups is 1. The van der Waals surface area contributed by atoms with Gasteiger partial charge in [0, 0.05) is 13.1 Å². The zero-order valence-corrected chi connectivity index (χ0v) is 13.0. The quantitative estimate of drug-likeness (QED) is 0.436. The second-order valence-corrected chi connectivity index (χ2v) is 5.29. The third-order valence-electron chi connectivity index (χ3n) is 3.35. The van der Waals surface area contributed by atoms with Gasteiger partial charge in [-0.1, -0.05) is 18.2 Å². The van der Waals surface area contributed by atoms with Crippen LogP contribution in [0.2, 0.25) is 0 Å². The largest absolute Gasteiger partial charge is 0.334 e. The summed E-state index contributed by atoms with van der Waals surface area (Å²) >= 11 is 5.25. The Balaban J connectivity index is 1.83. The molecule has 0 spiro atoms. The molecule has 0 aliphatic carbocycles. The SMILES string of the molecule is Cn1cnc2c(NC(=S)Nc3ccccc3[N+](=O)[O-])cccc21. The maximum Gasteiger partial charge on any atom is 0.292 e. The van der Waals surface area contributed by atoms with Crippen LogP contribution in [0.4, 0.5) is 17.1 Å². The molecule has 0 radical (unpaired) electrons. The number of imidazole rings is 1. The Morgan fingerprint density at radius 1 is 1.17 bits per heavy atom. The molecule has 0 aliphatic heterocycles. The van der Waals surface area contributed by atoms with Crippen molar-refractivity contribution < 1.29 is 4.92 Å². The lowest BCUT2D eigenvalue weighted by Crippen LogP contribution is -2.19. The molecule has 23 heavy (non-hydrogen) atoms. The number of hydrogen-bond acceptors (Lipinski definition) is 4. The van der Waals surface area contributed by atoms with E-state index in [9.17, 15) is 10.1 Å². The van der Waals surface area contributed by atoms with Crippen LogP contribution in [0.25, 0.3) is 11.0 Å². The molecule has 3 aromatic rings. The number of benzene rings is 2. The Labute approximate surface area is 137 Å². The monoisotopic (exact) mass is 327 g/mol. The molecule has 0 saturated carbocycles. The normalized spacial score (nSPS) is 10.5. The summed E-state index contributed by atoms with van der Waals surface area (Å²) in [5.41, 5.74) is 2.78. The highest BCUT2D eigenvalue weighted by Crippen LogP contribution is 2.25. The third-order valence-corrected chi connectivity index (χ3v) is 3.56. The predicted octanol–water partition coefficient (Wildman–Crippen LogP) is 3.29. The summed E-state index contributed by atoms with van der Waals surface area (Å²) in [6, 6.07) is 12.0. The lowest BCUT2D eigenvalue weighted by Gasteiger charge is -2.11. The second-order valence-electron chi connectivity index (χ2n) is 4.88. The van der Waals surface area contributed by atoms with Gasteiger partial charge in [0.2, 0.25) is 0 Å². The molecule has 0 bridgehead atoms. The van der Waals surface area contributed by atoms with E-state index in [0.717, 1.165) is 16.7 Å². The van der Waals surface area contributed by atoms with E-state index in [2.05, 4.69) is 15.6 Å². The van der Waals surface area contributed by atoms with Gasteiger partial charge in [-0.05, 0) is 30.4 Å². The Morgan fingerprint density at radius 2 is 1.87 bits per heavy atom. The van der Waals surface area contributed by atoms with Crippen molar-refractivity contribution in [1.29, 1.82) is 0 Å². The van der Waals surface area contributed by atoms with Crippen molar-refractivity contribution in [1.82, 2.24) is 9.55 Å². The minimum atomic E-state index is -0.454. The average molecular weight is 327 g/mol. The number of rotatable bonds is 3. The molecule has 7 nitrogen and oxygen atoms in total. The van der Waals surface area contributed by atoms with E-state index in [1.807, 2.05) is 29.8 Å². The minimum Gasteiger partial charge on any atom is -0.334 e. The molecule has 3 rings (SSSR count). The fourth-order valence-electron chi connectivity index (χ4n) is 2.27. The van der Waals surface area contributed by atoms with Gasteiger partial charge < -0.3 is 15.2 Å². The summed E-state index contributed by atoms with van der Waals surface area (Å²) in [5, 5.41) is 17.2. The van der Waals surface area contributed by atoms with Crippen LogP contribution in [-0.2, 0) is 7.05 Å². The van der Waals surface area contributed by atoms with Crippen LogP contribution >= 0.6 is 12.2 Å². The maximum absolute atomic E-state index is 11.0. The lowest BCUT2D eigenvalue weighted by molar-refractivity contribution is -0.383. The van der Waals surface area contributed by atoms with Crippen molar-refractivity contribution >= 4 is 45.4 Å². The molecule has 0 unspecified atom stereocenters. The van der Waals surface area contributed by atoms with Crippen LogP contribution in [-0.4, -0.2) is 19.6 Å². The minimum absolute atomic E-state index is 0.0345. The van der Waals surface area contributed by atoms with Gasteiger partial charge in [-0.15, -0.1) is 0 Å². The highest BCUT2D eigenvalue weighted by Gasteiger charge is 2.14. The van der Waals surface area contributed by atoms with Gasteiger partial charge >= 0.3 is 0 Å². The van der Waals surface area contributed by atoms with E-state index < -0.39 is 4.92 Å². The van der Waals surface area contributed by atoms with E-state index >= 15 is 0 Å². The van der Waals surface area contributed by atoms with Crippen molar-refractivity contribution in [3.63, 3.8) is 0 Å². The Kier molecular flexibility index (Phi) is 3.90. The number of aryl methyl sites for hydroxylation is 1. The number of hydrogen-bond donors (Lipinski definition) is 2. The zero-order valence-electron chi connectivity index (χ0n) is 12.2. The molecule has 1 aromatic heterocycles. The number of aromatic nitrogens is 2. The standard InChI is InChI=1S/C15H13N5O2S/c1-19-9-16-14-11(6-4-8-13(14)19)18-15(23)17-10-5-2-3-7-12(10)20(21)22/h2-9H,1H3,(H2,17,18,23). The molecule has 0 amide bonds. The van der Waals surface area contributed by atoms with E-state index in [-0.39, 0.29) is 10.8 Å². The molecule has 2 N–H and O–H groups in total. The van der Waals surface area contributed by atoms with Crippen LogP contribution in [0.1, 0.15) is 0 Å². The molecule has 0 aliphatic rings. The molecule has 1 heterocycles. The van der Waals surface area contributed by atoms with Crippen LogP contribution in [0.5, 0.6) is 0 Å². The van der Waals surface area contributed by atoms with E-state index in [1.165, 1.54) is 6.07 Å². The first-order chi connectivity index (χ1) is 11.1. The van der Waals surface area contributed by atoms with E-state index in [1.54, 1.807) is 24.5 Å². The highest BCUT2D eigenvalue weighted by molar-refractivity contribution is 7.80. The summed E-state index contributed by atoms with van der Waals surface area (Å²) < 4.78 is 1.90. The number of thiocarbonyl (C=S) groups is 1. The average Bonchev–Trinajstić information content (AvgIpc) is 2.90. The highest BCUT2D eigenvalue weighted by atomic mass is 32.1. The van der Waals surface area contributed by atoms with E-state index in [0.29, 0.717) is 5.69 Å². The van der Waals surface area contributed by atoms with Gasteiger partial charge in [0.15, 0.2) is 5.11 Å². The van der Waals surface area contributed by atoms with Crippen LogP contribution in [0.3, 0.4) is 0 Å². The number of fused-ring (bicyclic) bond motifs is 1. The van der Waals surface area contributed by atoms with Crippen molar-refractivity contribution in [2.75, 3.05) is 10.6 Å². The molecule has 8 heteroatoms. The van der Waals surface area contributed by atoms with Crippen molar-refractivity contribution in [3.05, 3.63) is 58.9 Å². The van der Waals surface area contributed by atoms with Gasteiger partial charge in [-0.3, -0.25) is 10.1 Å². The number of para-hydroxylation sites is 3.